The lowest BCUT2D eigenvalue weighted by Crippen LogP contribution is -2.26. The van der Waals surface area contributed by atoms with Crippen molar-refractivity contribution in [2.24, 2.45) is 5.73 Å². The topological polar surface area (TPSA) is 111 Å². The maximum absolute atomic E-state index is 12.6. The molecule has 0 spiro atoms. The normalized spacial score (nSPS) is 14.2. The summed E-state index contributed by atoms with van der Waals surface area (Å²) in [6.45, 7) is 4.09. The fraction of sp³-hybridized carbons (Fsp3) is 0.107. The lowest BCUT2D eigenvalue weighted by atomic mass is 10.0. The van der Waals surface area contributed by atoms with Gasteiger partial charge in [0.15, 0.2) is 0 Å². The molecule has 0 aliphatic carbocycles. The first-order valence-corrected chi connectivity index (χ1v) is 12.0. The molecule has 2 amide bonds. The quantitative estimate of drug-likeness (QED) is 0.277. The van der Waals surface area contributed by atoms with Gasteiger partial charge in [-0.1, -0.05) is 42.4 Å². The van der Waals surface area contributed by atoms with Gasteiger partial charge < -0.3 is 21.1 Å². The number of amides is 2. The van der Waals surface area contributed by atoms with Crippen LogP contribution in [-0.4, -0.2) is 28.1 Å². The van der Waals surface area contributed by atoms with Crippen molar-refractivity contribution >= 4 is 34.9 Å². The Morgan fingerprint density at radius 2 is 1.84 bits per heavy atom. The van der Waals surface area contributed by atoms with Crippen molar-refractivity contribution in [3.63, 3.8) is 0 Å². The summed E-state index contributed by atoms with van der Waals surface area (Å²) in [5.41, 5.74) is 8.69. The van der Waals surface area contributed by atoms with Crippen LogP contribution < -0.4 is 21.1 Å². The van der Waals surface area contributed by atoms with E-state index >= 15 is 0 Å². The van der Waals surface area contributed by atoms with E-state index in [1.54, 1.807) is 10.7 Å². The van der Waals surface area contributed by atoms with Gasteiger partial charge in [-0.3, -0.25) is 9.59 Å². The van der Waals surface area contributed by atoms with Crippen LogP contribution in [0.4, 0.5) is 11.5 Å². The Balaban J connectivity index is 1.51. The monoisotopic (exact) mass is 513 g/mol. The van der Waals surface area contributed by atoms with Crippen LogP contribution in [0.5, 0.6) is 11.5 Å². The highest BCUT2D eigenvalue weighted by Gasteiger charge is 2.30. The third-order valence-electron chi connectivity index (χ3n) is 6.09. The van der Waals surface area contributed by atoms with Crippen molar-refractivity contribution in [1.29, 1.82) is 0 Å². The van der Waals surface area contributed by atoms with Gasteiger partial charge in [0.2, 0.25) is 5.91 Å². The highest BCUT2D eigenvalue weighted by atomic mass is 35.5. The maximum atomic E-state index is 12.6. The number of carbonyl (C=O) groups excluding carboxylic acids is 2. The molecule has 1 aliphatic rings. The van der Waals surface area contributed by atoms with Crippen LogP contribution in [0.3, 0.4) is 0 Å². The average Bonchev–Trinajstić information content (AvgIpc) is 3.31. The first-order chi connectivity index (χ1) is 17.9. The predicted octanol–water partition coefficient (Wildman–Crippen LogP) is 5.62. The van der Waals surface area contributed by atoms with Gasteiger partial charge in [0, 0.05) is 12.1 Å². The number of nitrogens with two attached hydrogens (primary N) is 1. The number of nitrogens with zero attached hydrogens (tertiary/aromatic N) is 2. The lowest BCUT2D eigenvalue weighted by Gasteiger charge is -2.27. The van der Waals surface area contributed by atoms with Crippen LogP contribution in [0.15, 0.2) is 85.5 Å². The second-order valence-corrected chi connectivity index (χ2v) is 8.89. The van der Waals surface area contributed by atoms with Crippen LogP contribution in [0.2, 0.25) is 5.02 Å². The molecule has 0 saturated heterocycles. The Labute approximate surface area is 218 Å². The van der Waals surface area contributed by atoms with Crippen molar-refractivity contribution in [3.05, 3.63) is 102 Å². The molecular weight excluding hydrogens is 490 g/mol. The molecule has 9 heteroatoms. The first-order valence-electron chi connectivity index (χ1n) is 11.7. The van der Waals surface area contributed by atoms with E-state index in [-0.39, 0.29) is 11.9 Å². The molecule has 8 nitrogen and oxygen atoms in total. The molecule has 3 aromatic carbocycles. The molecule has 4 N–H and O–H groups in total. The summed E-state index contributed by atoms with van der Waals surface area (Å²) in [5, 5.41) is 11.2. The van der Waals surface area contributed by atoms with Gasteiger partial charge in [-0.2, -0.15) is 5.10 Å². The van der Waals surface area contributed by atoms with E-state index in [4.69, 9.17) is 27.2 Å². The molecule has 1 aliphatic heterocycles. The van der Waals surface area contributed by atoms with Crippen molar-refractivity contribution in [3.8, 4) is 22.8 Å². The van der Waals surface area contributed by atoms with Gasteiger partial charge in [0.25, 0.3) is 5.91 Å². The number of para-hydroxylation sites is 1. The van der Waals surface area contributed by atoms with E-state index in [1.807, 2.05) is 66.7 Å². The largest absolute Gasteiger partial charge is 0.457 e. The van der Waals surface area contributed by atoms with Crippen molar-refractivity contribution in [1.82, 2.24) is 9.78 Å². The first kappa shape index (κ1) is 24.1. The second-order valence-electron chi connectivity index (χ2n) is 8.48. The number of hydrogen-bond acceptors (Lipinski definition) is 5. The number of hydrogen-bond donors (Lipinski definition) is 3. The predicted molar refractivity (Wildman–Crippen MR) is 144 cm³/mol. The summed E-state index contributed by atoms with van der Waals surface area (Å²) in [5.74, 6) is 0.996. The van der Waals surface area contributed by atoms with Gasteiger partial charge in [-0.25, -0.2) is 4.68 Å². The highest BCUT2D eigenvalue weighted by Crippen LogP contribution is 2.38. The fourth-order valence-electron chi connectivity index (χ4n) is 4.36. The zero-order valence-corrected chi connectivity index (χ0v) is 20.5. The Kier molecular flexibility index (Phi) is 6.66. The Morgan fingerprint density at radius 1 is 1.11 bits per heavy atom. The van der Waals surface area contributed by atoms with Gasteiger partial charge in [-0.15, -0.1) is 0 Å². The molecule has 1 atom stereocenters. The third-order valence-corrected chi connectivity index (χ3v) is 6.42. The summed E-state index contributed by atoms with van der Waals surface area (Å²) in [6, 6.07) is 22.0. The molecule has 0 radical (unpaired) electrons. The van der Waals surface area contributed by atoms with Gasteiger partial charge in [0.1, 0.15) is 28.6 Å². The van der Waals surface area contributed by atoms with Crippen molar-refractivity contribution in [2.75, 3.05) is 17.2 Å². The molecule has 186 valence electrons. The van der Waals surface area contributed by atoms with Crippen LogP contribution >= 0.6 is 11.6 Å². The molecule has 0 fully saturated rings. The smallest absolute Gasteiger partial charge is 0.254 e. The number of nitrogens with one attached hydrogen (secondary N) is 2. The fourth-order valence-corrected chi connectivity index (χ4v) is 4.52. The molecule has 37 heavy (non-hydrogen) atoms. The Hall–Kier alpha value is -4.56. The van der Waals surface area contributed by atoms with Crippen molar-refractivity contribution < 1.29 is 14.3 Å². The standard InChI is InChI=1S/C28H24ClN5O3/c1-2-24(35)32-22-16-18(10-13-21(22)29)23-14-15-31-28-25(27(30)36)26(33-34(23)28)17-8-11-20(12-9-17)37-19-6-4-3-5-7-19/h2-13,16,23,31H,1,14-15H2,(H2,30,36)(H,32,35). The second kappa shape index (κ2) is 10.2. The number of rotatable bonds is 7. The summed E-state index contributed by atoms with van der Waals surface area (Å²) in [4.78, 5) is 24.4. The molecule has 1 unspecified atom stereocenters. The molecule has 1 aromatic heterocycles. The number of carbonyl (C=O) groups is 2. The van der Waals surface area contributed by atoms with E-state index in [1.165, 1.54) is 6.08 Å². The molecular formula is C28H24ClN5O3. The molecule has 5 rings (SSSR count). The van der Waals surface area contributed by atoms with Crippen molar-refractivity contribution in [2.45, 2.75) is 12.5 Å². The zero-order valence-electron chi connectivity index (χ0n) is 19.8. The summed E-state index contributed by atoms with van der Waals surface area (Å²) >= 11 is 6.30. The van der Waals surface area contributed by atoms with E-state index in [2.05, 4.69) is 17.2 Å². The summed E-state index contributed by atoms with van der Waals surface area (Å²) < 4.78 is 7.66. The zero-order chi connectivity index (χ0) is 25.9. The Morgan fingerprint density at radius 3 is 2.54 bits per heavy atom. The molecule has 0 bridgehead atoms. The number of ether oxygens (including phenoxy) is 1. The van der Waals surface area contributed by atoms with Crippen LogP contribution in [0.25, 0.3) is 11.3 Å². The van der Waals surface area contributed by atoms with Gasteiger partial charge in [0.05, 0.1) is 16.8 Å². The average molecular weight is 514 g/mol. The minimum Gasteiger partial charge on any atom is -0.457 e. The number of fused-ring (bicyclic) bond motifs is 1. The molecule has 0 saturated carbocycles. The summed E-state index contributed by atoms with van der Waals surface area (Å²) in [6.07, 6.45) is 1.88. The number of halogens is 1. The minimum absolute atomic E-state index is 0.208. The number of anilines is 2. The van der Waals surface area contributed by atoms with E-state index in [9.17, 15) is 9.59 Å². The van der Waals surface area contributed by atoms with Gasteiger partial charge in [-0.05, 0) is 66.6 Å². The van der Waals surface area contributed by atoms with E-state index in [0.717, 1.165) is 16.9 Å². The Bertz CT molecular complexity index is 1480. The highest BCUT2D eigenvalue weighted by molar-refractivity contribution is 6.33. The third kappa shape index (κ3) is 4.92. The number of benzene rings is 3. The van der Waals surface area contributed by atoms with E-state index < -0.39 is 5.91 Å². The van der Waals surface area contributed by atoms with Crippen LogP contribution in [0, 0.1) is 0 Å². The minimum atomic E-state index is -0.580. The van der Waals surface area contributed by atoms with E-state index in [0.29, 0.717) is 46.5 Å². The maximum Gasteiger partial charge on any atom is 0.254 e. The SMILES string of the molecule is C=CC(=O)Nc1cc(C2CCNc3c(C(N)=O)c(-c4ccc(Oc5ccccc5)cc4)nn32)ccc1Cl. The number of aromatic nitrogens is 2. The summed E-state index contributed by atoms with van der Waals surface area (Å²) in [7, 11) is 0. The van der Waals surface area contributed by atoms with Crippen LogP contribution in [0.1, 0.15) is 28.4 Å². The van der Waals surface area contributed by atoms with Gasteiger partial charge >= 0.3 is 0 Å². The molecule has 2 heterocycles. The van der Waals surface area contributed by atoms with Crippen LogP contribution in [-0.2, 0) is 4.79 Å². The lowest BCUT2D eigenvalue weighted by molar-refractivity contribution is -0.111. The number of primary amides is 1. The molecule has 4 aromatic rings.